The van der Waals surface area contributed by atoms with Gasteiger partial charge in [-0.1, -0.05) is 48.5 Å². The van der Waals surface area contributed by atoms with Gasteiger partial charge in [-0.2, -0.15) is 0 Å². The number of rotatable bonds is 6. The molecule has 1 fully saturated rings. The van der Waals surface area contributed by atoms with Gasteiger partial charge in [-0.15, -0.1) is 0 Å². The molecule has 1 aliphatic rings. The highest BCUT2D eigenvalue weighted by molar-refractivity contribution is 5.81. The van der Waals surface area contributed by atoms with Gasteiger partial charge in [-0.05, 0) is 30.9 Å². The molecule has 2 aromatic carbocycles. The first kappa shape index (κ1) is 18.0. The van der Waals surface area contributed by atoms with Gasteiger partial charge in [-0.25, -0.2) is 4.79 Å². The minimum Gasteiger partial charge on any atom is -0.481 e. The van der Waals surface area contributed by atoms with E-state index in [9.17, 15) is 9.59 Å². The minimum atomic E-state index is -0.543. The van der Waals surface area contributed by atoms with Gasteiger partial charge in [0.2, 0.25) is 0 Å². The smallest absolute Gasteiger partial charge is 0.344 e. The molecule has 0 bridgehead atoms. The normalized spacial score (nSPS) is 13.9. The Morgan fingerprint density at radius 2 is 1.54 bits per heavy atom. The van der Waals surface area contributed by atoms with Crippen LogP contribution in [0.5, 0.6) is 5.75 Å². The van der Waals surface area contributed by atoms with E-state index in [2.05, 4.69) is 0 Å². The highest BCUT2D eigenvalue weighted by Gasteiger charge is 2.18. The van der Waals surface area contributed by atoms with E-state index in [1.54, 1.807) is 4.90 Å². The van der Waals surface area contributed by atoms with Gasteiger partial charge >= 0.3 is 5.97 Å². The monoisotopic (exact) mass is 353 g/mol. The maximum absolute atomic E-state index is 12.0. The standard InChI is InChI=1S/C21H23NO4/c23-20(22-13-7-2-8-14-22)15-26-21(24)16-25-19-12-6-5-11-18(19)17-9-3-1-4-10-17/h1,3-6,9-12H,2,7-8,13-16H2. The SMILES string of the molecule is O=C(COc1ccccc1-c1ccccc1)OCC(=O)N1CCCCC1. The molecule has 0 spiro atoms. The van der Waals surface area contributed by atoms with E-state index >= 15 is 0 Å². The molecular formula is C21H23NO4. The zero-order valence-corrected chi connectivity index (χ0v) is 14.7. The number of nitrogens with zero attached hydrogens (tertiary/aromatic N) is 1. The molecule has 1 aliphatic heterocycles. The van der Waals surface area contributed by atoms with Crippen LogP contribution < -0.4 is 4.74 Å². The van der Waals surface area contributed by atoms with Crippen LogP contribution in [0.25, 0.3) is 11.1 Å². The summed E-state index contributed by atoms with van der Waals surface area (Å²) in [6.07, 6.45) is 3.18. The number of ether oxygens (including phenoxy) is 2. The van der Waals surface area contributed by atoms with Crippen LogP contribution in [0.2, 0.25) is 0 Å². The molecule has 0 N–H and O–H groups in total. The lowest BCUT2D eigenvalue weighted by Gasteiger charge is -2.26. The van der Waals surface area contributed by atoms with E-state index in [1.807, 2.05) is 54.6 Å². The van der Waals surface area contributed by atoms with Crippen molar-refractivity contribution in [2.45, 2.75) is 19.3 Å². The second-order valence-corrected chi connectivity index (χ2v) is 6.25. The molecule has 1 amide bonds. The second kappa shape index (κ2) is 9.04. The van der Waals surface area contributed by atoms with Crippen LogP contribution in [0.15, 0.2) is 54.6 Å². The molecule has 5 heteroatoms. The lowest BCUT2D eigenvalue weighted by Crippen LogP contribution is -2.38. The van der Waals surface area contributed by atoms with E-state index in [-0.39, 0.29) is 19.1 Å². The predicted molar refractivity (Wildman–Crippen MR) is 98.8 cm³/mol. The maximum atomic E-state index is 12.0. The molecule has 0 atom stereocenters. The summed E-state index contributed by atoms with van der Waals surface area (Å²) in [6, 6.07) is 17.3. The number of likely N-dealkylation sites (tertiary alicyclic amines) is 1. The van der Waals surface area contributed by atoms with Crippen molar-refractivity contribution in [3.05, 3.63) is 54.6 Å². The zero-order chi connectivity index (χ0) is 18.2. The fraction of sp³-hybridized carbons (Fsp3) is 0.333. The first-order valence-corrected chi connectivity index (χ1v) is 8.95. The summed E-state index contributed by atoms with van der Waals surface area (Å²) in [4.78, 5) is 25.7. The highest BCUT2D eigenvalue weighted by Crippen LogP contribution is 2.29. The first-order chi connectivity index (χ1) is 12.7. The van der Waals surface area contributed by atoms with Crippen molar-refractivity contribution in [3.63, 3.8) is 0 Å². The molecule has 0 unspecified atom stereocenters. The van der Waals surface area contributed by atoms with Gasteiger partial charge in [0.1, 0.15) is 5.75 Å². The number of para-hydroxylation sites is 1. The Bertz CT molecular complexity index is 739. The number of carbonyl (C=O) groups excluding carboxylic acids is 2. The van der Waals surface area contributed by atoms with E-state index in [0.29, 0.717) is 5.75 Å². The lowest BCUT2D eigenvalue weighted by molar-refractivity contribution is -0.154. The van der Waals surface area contributed by atoms with Gasteiger partial charge in [0.05, 0.1) is 0 Å². The Balaban J connectivity index is 1.51. The first-order valence-electron chi connectivity index (χ1n) is 8.95. The molecule has 26 heavy (non-hydrogen) atoms. The number of benzene rings is 2. The summed E-state index contributed by atoms with van der Waals surface area (Å²) in [7, 11) is 0. The van der Waals surface area contributed by atoms with Crippen molar-refractivity contribution in [3.8, 4) is 16.9 Å². The van der Waals surface area contributed by atoms with Gasteiger partial charge in [-0.3, -0.25) is 4.79 Å². The van der Waals surface area contributed by atoms with Crippen molar-refractivity contribution in [2.75, 3.05) is 26.3 Å². The van der Waals surface area contributed by atoms with Crippen molar-refractivity contribution in [1.82, 2.24) is 4.90 Å². The van der Waals surface area contributed by atoms with Crippen LogP contribution >= 0.6 is 0 Å². The van der Waals surface area contributed by atoms with E-state index in [4.69, 9.17) is 9.47 Å². The van der Waals surface area contributed by atoms with E-state index in [1.165, 1.54) is 0 Å². The lowest BCUT2D eigenvalue weighted by atomic mass is 10.1. The topological polar surface area (TPSA) is 55.8 Å². The fourth-order valence-electron chi connectivity index (χ4n) is 3.00. The molecule has 2 aromatic rings. The van der Waals surface area contributed by atoms with Crippen molar-refractivity contribution < 1.29 is 19.1 Å². The molecule has 136 valence electrons. The predicted octanol–water partition coefficient (Wildman–Crippen LogP) is 3.29. The van der Waals surface area contributed by atoms with Crippen molar-refractivity contribution in [2.24, 2.45) is 0 Å². The van der Waals surface area contributed by atoms with Crippen LogP contribution in [0.1, 0.15) is 19.3 Å². The molecule has 0 aromatic heterocycles. The largest absolute Gasteiger partial charge is 0.481 e. The summed E-state index contributed by atoms with van der Waals surface area (Å²) < 4.78 is 10.7. The van der Waals surface area contributed by atoms with Gasteiger partial charge in [0, 0.05) is 18.7 Å². The summed E-state index contributed by atoms with van der Waals surface area (Å²) in [5.41, 5.74) is 1.92. The quantitative estimate of drug-likeness (QED) is 0.748. The van der Waals surface area contributed by atoms with Gasteiger partial charge < -0.3 is 14.4 Å². The Hall–Kier alpha value is -2.82. The minimum absolute atomic E-state index is 0.136. The van der Waals surface area contributed by atoms with Gasteiger partial charge in [0.15, 0.2) is 13.2 Å². The summed E-state index contributed by atoms with van der Waals surface area (Å²) in [5, 5.41) is 0. The van der Waals surface area contributed by atoms with Crippen molar-refractivity contribution in [1.29, 1.82) is 0 Å². The number of hydrogen-bond donors (Lipinski definition) is 0. The average Bonchev–Trinajstić information content (AvgIpc) is 2.72. The molecule has 0 aliphatic carbocycles. The number of piperidine rings is 1. The molecule has 0 saturated carbocycles. The third-order valence-electron chi connectivity index (χ3n) is 4.38. The second-order valence-electron chi connectivity index (χ2n) is 6.25. The number of hydrogen-bond acceptors (Lipinski definition) is 4. The number of esters is 1. The maximum Gasteiger partial charge on any atom is 0.344 e. The average molecular weight is 353 g/mol. The third kappa shape index (κ3) is 4.85. The molecule has 3 rings (SSSR count). The highest BCUT2D eigenvalue weighted by atomic mass is 16.6. The molecular weight excluding hydrogens is 330 g/mol. The van der Waals surface area contributed by atoms with Crippen LogP contribution in [0.4, 0.5) is 0 Å². The number of carbonyl (C=O) groups is 2. The molecule has 5 nitrogen and oxygen atoms in total. The van der Waals surface area contributed by atoms with Crippen LogP contribution in [-0.4, -0.2) is 43.1 Å². The fourth-order valence-corrected chi connectivity index (χ4v) is 3.00. The third-order valence-corrected chi connectivity index (χ3v) is 4.38. The number of amides is 1. The summed E-state index contributed by atoms with van der Waals surface area (Å²) >= 11 is 0. The molecule has 1 heterocycles. The van der Waals surface area contributed by atoms with Crippen molar-refractivity contribution >= 4 is 11.9 Å². The van der Waals surface area contributed by atoms with E-state index < -0.39 is 5.97 Å². The molecule has 0 radical (unpaired) electrons. The summed E-state index contributed by atoms with van der Waals surface area (Å²) in [6.45, 7) is 1.05. The van der Waals surface area contributed by atoms with Crippen LogP contribution in [-0.2, 0) is 14.3 Å². The molecule has 1 saturated heterocycles. The Morgan fingerprint density at radius 1 is 0.846 bits per heavy atom. The Labute approximate surface area is 153 Å². The summed E-state index contributed by atoms with van der Waals surface area (Å²) in [5.74, 6) is -0.0704. The zero-order valence-electron chi connectivity index (χ0n) is 14.7. The Morgan fingerprint density at radius 3 is 2.31 bits per heavy atom. The Kier molecular flexibility index (Phi) is 6.25. The van der Waals surface area contributed by atoms with E-state index in [0.717, 1.165) is 43.5 Å². The van der Waals surface area contributed by atoms with Crippen LogP contribution in [0, 0.1) is 0 Å². The van der Waals surface area contributed by atoms with Crippen LogP contribution in [0.3, 0.4) is 0 Å². The van der Waals surface area contributed by atoms with Gasteiger partial charge in [0.25, 0.3) is 5.91 Å².